The van der Waals surface area contributed by atoms with E-state index < -0.39 is 5.41 Å². The lowest BCUT2D eigenvalue weighted by Crippen LogP contribution is -2.28. The SMILES string of the molecule is Cc1ccc(C(=Cc2ccc(-c3ccc(C4(c5ccc(-c6ccc(C=C(c7ccc(C)cc7)c7ccc(C)cc7)cc6)cc5)c5ccccc5-c5ccccc54)cc3)cc2)c2ccc(C)cc2)cc1. The molecular weight excluding hydrogens is 829 g/mol. The molecule has 0 saturated heterocycles. The van der Waals surface area contributed by atoms with E-state index in [2.05, 4.69) is 283 Å². The molecule has 0 aliphatic heterocycles. The molecule has 0 spiro atoms. The minimum absolute atomic E-state index is 0.488. The summed E-state index contributed by atoms with van der Waals surface area (Å²) in [7, 11) is 0. The van der Waals surface area contributed by atoms with Crippen molar-refractivity contribution in [2.45, 2.75) is 33.1 Å². The lowest BCUT2D eigenvalue weighted by Gasteiger charge is -2.34. The van der Waals surface area contributed by atoms with Crippen LogP contribution in [0.1, 0.15) is 77.9 Å². The predicted molar refractivity (Wildman–Crippen MR) is 293 cm³/mol. The minimum Gasteiger partial charge on any atom is -0.0619 e. The number of hydrogen-bond donors (Lipinski definition) is 0. The molecule has 330 valence electrons. The van der Waals surface area contributed by atoms with E-state index >= 15 is 0 Å². The van der Waals surface area contributed by atoms with Crippen molar-refractivity contribution >= 4 is 23.3 Å². The summed E-state index contributed by atoms with van der Waals surface area (Å²) in [5.41, 5.74) is 26.7. The molecule has 0 amide bonds. The van der Waals surface area contributed by atoms with E-state index in [0.717, 1.165) is 0 Å². The maximum absolute atomic E-state index is 2.36. The Morgan fingerprint density at radius 2 is 0.536 bits per heavy atom. The van der Waals surface area contributed by atoms with Gasteiger partial charge in [-0.25, -0.2) is 0 Å². The Kier molecular flexibility index (Phi) is 11.5. The fraction of sp³-hybridized carbons (Fsp3) is 0.0725. The molecule has 0 N–H and O–H groups in total. The van der Waals surface area contributed by atoms with Crippen LogP contribution in [-0.4, -0.2) is 0 Å². The standard InChI is InChI=1S/C69H54/c1-47-13-25-57(26-14-47)65(58-27-15-48(2)16-28-58)45-51-21-33-53(34-22-51)55-37-41-61(42-38-55)69(67-11-7-5-9-63(67)64-10-6-8-12-68(64)69)62-43-39-56(40-44-62)54-35-23-52(24-36-54)46-66(59-29-17-49(3)18-30-59)60-31-19-50(4)20-32-60/h5-46H,1-4H3. The summed E-state index contributed by atoms with van der Waals surface area (Å²) in [5, 5.41) is 0. The molecule has 0 heteroatoms. The molecule has 11 rings (SSSR count). The monoisotopic (exact) mass is 882 g/mol. The molecule has 0 atom stereocenters. The number of benzene rings is 10. The summed E-state index contributed by atoms with van der Waals surface area (Å²) < 4.78 is 0. The minimum atomic E-state index is -0.488. The maximum atomic E-state index is 2.36. The van der Waals surface area contributed by atoms with Crippen LogP contribution in [0.3, 0.4) is 0 Å². The van der Waals surface area contributed by atoms with Gasteiger partial charge in [-0.15, -0.1) is 0 Å². The Labute approximate surface area is 408 Å². The number of hydrogen-bond acceptors (Lipinski definition) is 0. The quantitative estimate of drug-likeness (QED) is 0.120. The largest absolute Gasteiger partial charge is 0.0713 e. The third-order valence-corrected chi connectivity index (χ3v) is 14.1. The Morgan fingerprint density at radius 1 is 0.275 bits per heavy atom. The van der Waals surface area contributed by atoms with Gasteiger partial charge in [0.25, 0.3) is 0 Å². The van der Waals surface area contributed by atoms with Gasteiger partial charge in [-0.1, -0.05) is 265 Å². The van der Waals surface area contributed by atoms with Crippen molar-refractivity contribution in [2.24, 2.45) is 0 Å². The van der Waals surface area contributed by atoms with Crippen LogP contribution in [0.15, 0.2) is 243 Å². The number of rotatable bonds is 10. The van der Waals surface area contributed by atoms with Crippen molar-refractivity contribution in [2.75, 3.05) is 0 Å². The smallest absolute Gasteiger partial charge is 0.0619 e. The van der Waals surface area contributed by atoms with Crippen LogP contribution in [0, 0.1) is 27.7 Å². The third-order valence-electron chi connectivity index (χ3n) is 14.1. The lowest BCUT2D eigenvalue weighted by molar-refractivity contribution is 0.769. The molecule has 0 fully saturated rings. The number of aryl methyl sites for hydroxylation is 4. The van der Waals surface area contributed by atoms with E-state index in [1.807, 2.05) is 0 Å². The van der Waals surface area contributed by atoms with Crippen molar-refractivity contribution in [3.63, 3.8) is 0 Å². The molecule has 1 aliphatic carbocycles. The van der Waals surface area contributed by atoms with Crippen LogP contribution in [0.5, 0.6) is 0 Å². The van der Waals surface area contributed by atoms with Crippen molar-refractivity contribution in [3.05, 3.63) is 321 Å². The van der Waals surface area contributed by atoms with Crippen molar-refractivity contribution in [1.29, 1.82) is 0 Å². The highest BCUT2D eigenvalue weighted by Gasteiger charge is 2.45. The molecule has 10 aromatic rings. The highest BCUT2D eigenvalue weighted by molar-refractivity contribution is 5.93. The zero-order valence-corrected chi connectivity index (χ0v) is 39.7. The van der Waals surface area contributed by atoms with Crippen LogP contribution < -0.4 is 0 Å². The van der Waals surface area contributed by atoms with Crippen LogP contribution in [0.2, 0.25) is 0 Å². The van der Waals surface area contributed by atoms with Gasteiger partial charge in [-0.2, -0.15) is 0 Å². The molecular formula is C69H54. The Hall–Kier alpha value is -8.32. The second-order valence-corrected chi connectivity index (χ2v) is 18.8. The van der Waals surface area contributed by atoms with Gasteiger partial charge in [0.2, 0.25) is 0 Å². The Bertz CT molecular complexity index is 3140. The van der Waals surface area contributed by atoms with E-state index in [-0.39, 0.29) is 0 Å². The summed E-state index contributed by atoms with van der Waals surface area (Å²) in [6.07, 6.45) is 4.63. The normalized spacial score (nSPS) is 12.2. The Morgan fingerprint density at radius 3 is 0.826 bits per heavy atom. The fourth-order valence-corrected chi connectivity index (χ4v) is 10.3. The lowest BCUT2D eigenvalue weighted by atomic mass is 9.67. The van der Waals surface area contributed by atoms with Crippen LogP contribution >= 0.6 is 0 Å². The van der Waals surface area contributed by atoms with Crippen LogP contribution in [0.25, 0.3) is 56.7 Å². The van der Waals surface area contributed by atoms with Gasteiger partial charge in [-0.3, -0.25) is 0 Å². The summed E-state index contributed by atoms with van der Waals surface area (Å²) in [6, 6.07) is 90.0. The first-order valence-electron chi connectivity index (χ1n) is 24.1. The first-order valence-corrected chi connectivity index (χ1v) is 24.1. The molecule has 0 aromatic heterocycles. The zero-order valence-electron chi connectivity index (χ0n) is 39.7. The van der Waals surface area contributed by atoms with Crippen molar-refractivity contribution < 1.29 is 0 Å². The molecule has 0 heterocycles. The van der Waals surface area contributed by atoms with Gasteiger partial charge < -0.3 is 0 Å². The molecule has 10 aromatic carbocycles. The average molecular weight is 883 g/mol. The maximum Gasteiger partial charge on any atom is 0.0713 e. The summed E-state index contributed by atoms with van der Waals surface area (Å²) >= 11 is 0. The summed E-state index contributed by atoms with van der Waals surface area (Å²) in [4.78, 5) is 0. The second kappa shape index (κ2) is 18.4. The highest BCUT2D eigenvalue weighted by Crippen LogP contribution is 2.56. The van der Waals surface area contributed by atoms with Crippen molar-refractivity contribution in [3.8, 4) is 33.4 Å². The second-order valence-electron chi connectivity index (χ2n) is 18.8. The van der Waals surface area contributed by atoms with E-state index in [1.54, 1.807) is 0 Å². The third kappa shape index (κ3) is 8.41. The van der Waals surface area contributed by atoms with Gasteiger partial charge in [0.15, 0.2) is 0 Å². The summed E-state index contributed by atoms with van der Waals surface area (Å²) in [6.45, 7) is 8.56. The molecule has 69 heavy (non-hydrogen) atoms. The highest BCUT2D eigenvalue weighted by atomic mass is 14.5. The topological polar surface area (TPSA) is 0 Å². The van der Waals surface area contributed by atoms with Gasteiger partial charge >= 0.3 is 0 Å². The fourth-order valence-electron chi connectivity index (χ4n) is 10.3. The Balaban J connectivity index is 0.924. The van der Waals surface area contributed by atoms with Crippen molar-refractivity contribution in [1.82, 2.24) is 0 Å². The zero-order chi connectivity index (χ0) is 46.9. The summed E-state index contributed by atoms with van der Waals surface area (Å²) in [5.74, 6) is 0. The molecule has 1 aliphatic rings. The predicted octanol–water partition coefficient (Wildman–Crippen LogP) is 17.8. The number of fused-ring (bicyclic) bond motifs is 3. The molecule has 0 radical (unpaired) electrons. The van der Waals surface area contributed by atoms with Gasteiger partial charge in [0.1, 0.15) is 0 Å². The van der Waals surface area contributed by atoms with Gasteiger partial charge in [0.05, 0.1) is 5.41 Å². The first-order chi connectivity index (χ1) is 33.8. The van der Waals surface area contributed by atoms with E-state index in [9.17, 15) is 0 Å². The average Bonchev–Trinajstić information content (AvgIpc) is 3.70. The molecule has 0 unspecified atom stereocenters. The van der Waals surface area contributed by atoms with E-state index in [0.29, 0.717) is 0 Å². The van der Waals surface area contributed by atoms with Gasteiger partial charge in [-0.05, 0) is 140 Å². The molecule has 0 saturated carbocycles. The van der Waals surface area contributed by atoms with Crippen LogP contribution in [-0.2, 0) is 5.41 Å². The van der Waals surface area contributed by atoms with Gasteiger partial charge in [0, 0.05) is 0 Å². The van der Waals surface area contributed by atoms with E-state index in [4.69, 9.17) is 0 Å². The van der Waals surface area contributed by atoms with E-state index in [1.165, 1.54) is 122 Å². The molecule has 0 nitrogen and oxygen atoms in total. The first kappa shape index (κ1) is 43.3. The molecule has 0 bridgehead atoms. The van der Waals surface area contributed by atoms with Crippen LogP contribution in [0.4, 0.5) is 0 Å².